The predicted molar refractivity (Wildman–Crippen MR) is 77.0 cm³/mol. The van der Waals surface area contributed by atoms with Crippen molar-refractivity contribution in [2.24, 2.45) is 5.73 Å². The molecule has 104 valence electrons. The second-order valence-electron chi connectivity index (χ2n) is 5.38. The van der Waals surface area contributed by atoms with Gasteiger partial charge in [0.2, 0.25) is 0 Å². The predicted octanol–water partition coefficient (Wildman–Crippen LogP) is 3.36. The Balaban J connectivity index is 2.43. The molecule has 1 rings (SSSR count). The summed E-state index contributed by atoms with van der Waals surface area (Å²) in [7, 11) is 0. The fraction of sp³-hybridized carbons (Fsp3) is 0.714. The van der Waals surface area contributed by atoms with Crippen molar-refractivity contribution in [1.29, 1.82) is 0 Å². The Hall–Kier alpha value is -0.420. The van der Waals surface area contributed by atoms with Crippen LogP contribution in [0, 0.1) is 0 Å². The Labute approximate surface area is 114 Å². The Morgan fingerprint density at radius 2 is 2.06 bits per heavy atom. The van der Waals surface area contributed by atoms with Crippen molar-refractivity contribution in [3.63, 3.8) is 0 Å². The molecule has 1 heterocycles. The summed E-state index contributed by atoms with van der Waals surface area (Å²) in [5.74, 6) is 0. The second kappa shape index (κ2) is 7.24. The average Bonchev–Trinajstić information content (AvgIpc) is 2.80. The topological polar surface area (TPSA) is 44.5 Å². The van der Waals surface area contributed by atoms with Crippen molar-refractivity contribution in [3.8, 4) is 0 Å². The Kier molecular flexibility index (Phi) is 6.29. The van der Waals surface area contributed by atoms with E-state index in [1.165, 1.54) is 5.56 Å². The van der Waals surface area contributed by atoms with Crippen molar-refractivity contribution in [2.45, 2.75) is 51.9 Å². The first-order valence-corrected chi connectivity index (χ1v) is 7.41. The van der Waals surface area contributed by atoms with Crippen LogP contribution >= 0.6 is 11.3 Å². The quantitative estimate of drug-likeness (QED) is 0.773. The third-order valence-corrected chi connectivity index (χ3v) is 3.35. The summed E-state index contributed by atoms with van der Waals surface area (Å²) in [6.07, 6.45) is 0.880. The largest absolute Gasteiger partial charge is 0.373 e. The molecule has 0 spiro atoms. The van der Waals surface area contributed by atoms with Crippen LogP contribution < -0.4 is 5.73 Å². The highest BCUT2D eigenvalue weighted by Gasteiger charge is 2.20. The van der Waals surface area contributed by atoms with Crippen LogP contribution in [-0.2, 0) is 9.47 Å². The van der Waals surface area contributed by atoms with Gasteiger partial charge in [-0.15, -0.1) is 0 Å². The highest BCUT2D eigenvalue weighted by atomic mass is 32.1. The molecule has 0 saturated carbocycles. The van der Waals surface area contributed by atoms with Gasteiger partial charge in [0.1, 0.15) is 0 Å². The zero-order valence-corrected chi connectivity index (χ0v) is 12.6. The molecule has 0 fully saturated rings. The molecule has 1 aromatic heterocycles. The average molecular weight is 271 g/mol. The van der Waals surface area contributed by atoms with Crippen molar-refractivity contribution in [3.05, 3.63) is 22.4 Å². The third-order valence-electron chi connectivity index (χ3n) is 2.65. The molecule has 0 amide bonds. The van der Waals surface area contributed by atoms with Crippen LogP contribution in [0.3, 0.4) is 0 Å². The van der Waals surface area contributed by atoms with Crippen LogP contribution in [0.5, 0.6) is 0 Å². The van der Waals surface area contributed by atoms with Crippen LogP contribution in [0.4, 0.5) is 0 Å². The molecule has 3 nitrogen and oxygen atoms in total. The van der Waals surface area contributed by atoms with Gasteiger partial charge in [-0.3, -0.25) is 0 Å². The van der Waals surface area contributed by atoms with E-state index in [2.05, 4.69) is 23.8 Å². The lowest BCUT2D eigenvalue weighted by Gasteiger charge is -2.24. The third kappa shape index (κ3) is 5.48. The molecule has 0 saturated heterocycles. The van der Waals surface area contributed by atoms with Crippen molar-refractivity contribution in [1.82, 2.24) is 0 Å². The number of thiophene rings is 1. The molecular weight excluding hydrogens is 246 g/mol. The van der Waals surface area contributed by atoms with Crippen LogP contribution in [0.2, 0.25) is 0 Å². The van der Waals surface area contributed by atoms with Gasteiger partial charge in [-0.05, 0) is 49.6 Å². The molecule has 2 N–H and O–H groups in total. The van der Waals surface area contributed by atoms with E-state index in [1.807, 2.05) is 20.8 Å². The minimum atomic E-state index is -0.117. The summed E-state index contributed by atoms with van der Waals surface area (Å²) in [6, 6.07) is 2.12. The van der Waals surface area contributed by atoms with E-state index in [0.717, 1.165) is 6.42 Å². The lowest BCUT2D eigenvalue weighted by atomic mass is 10.0. The summed E-state index contributed by atoms with van der Waals surface area (Å²) >= 11 is 1.67. The number of hydrogen-bond acceptors (Lipinski definition) is 4. The second-order valence-corrected chi connectivity index (χ2v) is 6.16. The minimum Gasteiger partial charge on any atom is -0.373 e. The van der Waals surface area contributed by atoms with Gasteiger partial charge in [-0.1, -0.05) is 6.92 Å². The van der Waals surface area contributed by atoms with Gasteiger partial charge in [0.15, 0.2) is 0 Å². The van der Waals surface area contributed by atoms with E-state index in [0.29, 0.717) is 13.2 Å². The van der Waals surface area contributed by atoms with Gasteiger partial charge < -0.3 is 15.2 Å². The number of nitrogens with two attached hydrogens (primary N) is 1. The van der Waals surface area contributed by atoms with Crippen molar-refractivity contribution < 1.29 is 9.47 Å². The zero-order chi connectivity index (χ0) is 13.6. The van der Waals surface area contributed by atoms with E-state index in [9.17, 15) is 0 Å². The minimum absolute atomic E-state index is 0.0233. The maximum atomic E-state index is 6.12. The number of ether oxygens (including phenoxy) is 2. The van der Waals surface area contributed by atoms with Crippen molar-refractivity contribution >= 4 is 11.3 Å². The lowest BCUT2D eigenvalue weighted by molar-refractivity contribution is -0.0569. The molecule has 0 radical (unpaired) electrons. The fourth-order valence-electron chi connectivity index (χ4n) is 1.64. The molecule has 0 aliphatic rings. The lowest BCUT2D eigenvalue weighted by Crippen LogP contribution is -2.31. The van der Waals surface area contributed by atoms with E-state index in [1.54, 1.807) is 11.3 Å². The van der Waals surface area contributed by atoms with Crippen LogP contribution in [0.15, 0.2) is 16.8 Å². The SMILES string of the molecule is CCC(N)C(OCCOC(C)(C)C)c1ccsc1. The zero-order valence-electron chi connectivity index (χ0n) is 11.8. The Morgan fingerprint density at radius 1 is 1.33 bits per heavy atom. The first kappa shape index (κ1) is 15.6. The van der Waals surface area contributed by atoms with Crippen molar-refractivity contribution in [2.75, 3.05) is 13.2 Å². The molecule has 0 aliphatic carbocycles. The molecule has 0 aromatic carbocycles. The molecule has 4 heteroatoms. The van der Waals surface area contributed by atoms with Gasteiger partial charge in [0.05, 0.1) is 24.9 Å². The highest BCUT2D eigenvalue weighted by Crippen LogP contribution is 2.24. The molecule has 0 aliphatic heterocycles. The van der Waals surface area contributed by atoms with Gasteiger partial charge in [-0.25, -0.2) is 0 Å². The number of rotatable bonds is 7. The van der Waals surface area contributed by atoms with Gasteiger partial charge in [0.25, 0.3) is 0 Å². The molecule has 2 atom stereocenters. The monoisotopic (exact) mass is 271 g/mol. The summed E-state index contributed by atoms with van der Waals surface area (Å²) in [6.45, 7) is 9.38. The molecule has 2 unspecified atom stereocenters. The maximum absolute atomic E-state index is 6.12. The molecule has 0 bridgehead atoms. The maximum Gasteiger partial charge on any atom is 0.0984 e. The van der Waals surface area contributed by atoms with E-state index >= 15 is 0 Å². The summed E-state index contributed by atoms with van der Waals surface area (Å²) in [5.41, 5.74) is 7.17. The number of hydrogen-bond donors (Lipinski definition) is 1. The Bertz CT molecular complexity index is 319. The summed E-state index contributed by atoms with van der Waals surface area (Å²) in [5, 5.41) is 4.16. The Morgan fingerprint density at radius 3 is 2.56 bits per heavy atom. The molecule has 18 heavy (non-hydrogen) atoms. The molecular formula is C14H25NO2S. The fourth-order valence-corrected chi connectivity index (χ4v) is 2.33. The first-order chi connectivity index (χ1) is 8.44. The van der Waals surface area contributed by atoms with E-state index in [4.69, 9.17) is 15.2 Å². The van der Waals surface area contributed by atoms with Gasteiger partial charge in [-0.2, -0.15) is 11.3 Å². The normalized spacial score (nSPS) is 15.6. The van der Waals surface area contributed by atoms with Gasteiger partial charge in [0, 0.05) is 6.04 Å². The summed E-state index contributed by atoms with van der Waals surface area (Å²) in [4.78, 5) is 0. The first-order valence-electron chi connectivity index (χ1n) is 6.47. The molecule has 1 aromatic rings. The smallest absolute Gasteiger partial charge is 0.0984 e. The highest BCUT2D eigenvalue weighted by molar-refractivity contribution is 7.07. The van der Waals surface area contributed by atoms with Gasteiger partial charge >= 0.3 is 0 Å². The standard InChI is InChI=1S/C14H25NO2S/c1-5-12(15)13(11-6-9-18-10-11)16-7-8-17-14(2,3)4/h6,9-10,12-13H,5,7-8,15H2,1-4H3. The van der Waals surface area contributed by atoms with Crippen LogP contribution in [-0.4, -0.2) is 24.9 Å². The van der Waals surface area contributed by atoms with Crippen LogP contribution in [0.1, 0.15) is 45.8 Å². The van der Waals surface area contributed by atoms with Crippen LogP contribution in [0.25, 0.3) is 0 Å². The van der Waals surface area contributed by atoms with E-state index < -0.39 is 0 Å². The van der Waals surface area contributed by atoms with E-state index in [-0.39, 0.29) is 17.7 Å². The summed E-state index contributed by atoms with van der Waals surface area (Å²) < 4.78 is 11.5.